The van der Waals surface area contributed by atoms with Crippen LogP contribution in [0.2, 0.25) is 5.28 Å². The number of hydroxylamine groups is 6. The number of amides is 2. The van der Waals surface area contributed by atoms with Gasteiger partial charge in [-0.25, -0.2) is 38.4 Å². The van der Waals surface area contributed by atoms with Crippen molar-refractivity contribution in [2.24, 2.45) is 0 Å². The number of carbonyl (C=O) groups is 2. The van der Waals surface area contributed by atoms with Crippen LogP contribution in [0.1, 0.15) is 216 Å². The molecule has 0 unspecified atom stereocenters. The number of hydrogen-bond donors (Lipinski definition) is 11. The zero-order valence-corrected chi connectivity index (χ0v) is 75.8. The van der Waals surface area contributed by atoms with Crippen molar-refractivity contribution >= 4 is 127 Å². The maximum atomic E-state index is 11.7. The van der Waals surface area contributed by atoms with Gasteiger partial charge in [-0.05, 0) is 151 Å². The molecule has 0 saturated carbocycles. The van der Waals surface area contributed by atoms with Crippen LogP contribution in [0.15, 0.2) is 60.7 Å². The quantitative estimate of drug-likeness (QED) is 0.00572. The second kappa shape index (κ2) is 79.3. The third-order valence-corrected chi connectivity index (χ3v) is 12.1. The van der Waals surface area contributed by atoms with E-state index in [2.05, 4.69) is 163 Å². The molecule has 37 nitrogen and oxygen atoms in total. The molecular formula is C71H138Cl2IN20O17S2V-. The Labute approximate surface area is 717 Å². The Kier molecular flexibility index (Phi) is 85.9. The van der Waals surface area contributed by atoms with E-state index >= 15 is 0 Å². The SMILES string of the molecule is C.C.CC(C)ONC(=O)OCc1ccccc1.CCCNc1nc(Cl)nc(NCCC)n1.CCCNc1nc(NCCC)[nH+]c(N(CC)OC(C)C)n1.CCCNc1nc(NCCC)nc(N(CC)OC(C)C)n1.CCN(OC(C)C)C(=O)OCc1ccccc1.CCNOC(C)C.CC[CH-]I.Cl.O=S(=O)(O)O.O=S(=O)([O-])O.[V]. The number of carbonyl (C=O) groups excluding carboxylic acids is 2. The molecule has 3 aromatic heterocycles. The van der Waals surface area contributed by atoms with Crippen LogP contribution in [0.5, 0.6) is 0 Å². The summed E-state index contributed by atoms with van der Waals surface area (Å²) < 4.78 is 76.6. The number of nitrogens with zero attached hydrogens (tertiary/aromatic N) is 11. The Morgan fingerprint density at radius 3 is 1.18 bits per heavy atom. The number of aromatic amines is 1. The van der Waals surface area contributed by atoms with Crippen molar-refractivity contribution in [3.8, 4) is 0 Å². The number of nitrogens with one attached hydrogen (secondary N) is 9. The van der Waals surface area contributed by atoms with E-state index in [-0.39, 0.29) is 88.7 Å². The Morgan fingerprint density at radius 1 is 0.518 bits per heavy atom. The van der Waals surface area contributed by atoms with E-state index in [4.69, 9.17) is 80.3 Å². The molecule has 0 spiro atoms. The van der Waals surface area contributed by atoms with Crippen LogP contribution in [0.3, 0.4) is 0 Å². The minimum Gasteiger partial charge on any atom is -0.726 e. The molecule has 663 valence electrons. The fourth-order valence-electron chi connectivity index (χ4n) is 6.75. The van der Waals surface area contributed by atoms with Crippen molar-refractivity contribution in [1.29, 1.82) is 0 Å². The average Bonchev–Trinajstić information content (AvgIpc) is 0.836. The van der Waals surface area contributed by atoms with Gasteiger partial charge in [0.15, 0.2) is 0 Å². The molecule has 2 aromatic carbocycles. The second-order valence-electron chi connectivity index (χ2n) is 23.5. The van der Waals surface area contributed by atoms with E-state index in [1.807, 2.05) is 158 Å². The number of ether oxygens (including phenoxy) is 2. The summed E-state index contributed by atoms with van der Waals surface area (Å²) >= 11 is 7.99. The molecule has 0 fully saturated rings. The fraction of sp³-hybridized carbons (Fsp3) is 0.662. The summed E-state index contributed by atoms with van der Waals surface area (Å²) in [5.41, 5.74) is 6.84. The third-order valence-electron chi connectivity index (χ3n) is 11.1. The molecule has 0 bridgehead atoms. The zero-order valence-electron chi connectivity index (χ0n) is 69.1. The predicted molar refractivity (Wildman–Crippen MR) is 461 cm³/mol. The molecule has 12 N–H and O–H groups in total. The zero-order chi connectivity index (χ0) is 84.3. The molecule has 0 atom stereocenters. The van der Waals surface area contributed by atoms with Gasteiger partial charge in [0, 0.05) is 77.5 Å². The monoisotopic (exact) mass is 1850 g/mol. The van der Waals surface area contributed by atoms with Crippen LogP contribution in [0.25, 0.3) is 0 Å². The number of halogens is 3. The normalized spacial score (nSPS) is 10.1. The molecule has 3 heterocycles. The Morgan fingerprint density at radius 2 is 0.860 bits per heavy atom. The first-order valence-electron chi connectivity index (χ1n) is 36.7. The summed E-state index contributed by atoms with van der Waals surface area (Å²) in [4.78, 5) is 86.8. The van der Waals surface area contributed by atoms with Crippen LogP contribution in [-0.2, 0) is 86.2 Å². The van der Waals surface area contributed by atoms with Gasteiger partial charge in [-0.3, -0.25) is 37.4 Å². The minimum absolute atomic E-state index is 0. The Bertz CT molecular complexity index is 3090. The number of benzene rings is 2. The van der Waals surface area contributed by atoms with Crippen molar-refractivity contribution in [1.82, 2.24) is 55.9 Å². The molecule has 1 radical (unpaired) electrons. The molecule has 0 aliphatic heterocycles. The number of rotatable bonds is 39. The van der Waals surface area contributed by atoms with Crippen molar-refractivity contribution in [2.45, 2.75) is 249 Å². The van der Waals surface area contributed by atoms with Gasteiger partial charge >= 0.3 is 40.4 Å². The summed E-state index contributed by atoms with van der Waals surface area (Å²) in [6.07, 6.45) is 6.61. The minimum atomic E-state index is -4.92. The van der Waals surface area contributed by atoms with E-state index < -0.39 is 33.0 Å². The topological polar surface area (TPSA) is 474 Å². The molecule has 43 heteroatoms. The average molecular weight is 1860 g/mol. The molecule has 114 heavy (non-hydrogen) atoms. The number of hydrogen-bond acceptors (Lipinski definition) is 31. The largest absolute Gasteiger partial charge is 0.726 e. The van der Waals surface area contributed by atoms with E-state index in [0.29, 0.717) is 73.3 Å². The van der Waals surface area contributed by atoms with Gasteiger partial charge in [0.2, 0.25) is 39.5 Å². The van der Waals surface area contributed by atoms with Crippen molar-refractivity contribution in [2.75, 3.05) is 107 Å². The molecule has 0 aliphatic rings. The summed E-state index contributed by atoms with van der Waals surface area (Å²) in [7, 11) is -9.58. The summed E-state index contributed by atoms with van der Waals surface area (Å²) in [5.74, 6) is 4.68. The molecule has 5 aromatic rings. The first kappa shape index (κ1) is 123. The van der Waals surface area contributed by atoms with Gasteiger partial charge in [-0.2, -0.15) is 60.3 Å². The Balaban J connectivity index is -0.000000192. The van der Waals surface area contributed by atoms with Crippen molar-refractivity contribution in [3.63, 3.8) is 0 Å². The smallest absolute Gasteiger partial charge is 0.434 e. The van der Waals surface area contributed by atoms with E-state index in [9.17, 15) is 9.59 Å². The first-order chi connectivity index (χ1) is 52.0. The van der Waals surface area contributed by atoms with Crippen molar-refractivity contribution < 1.29 is 102 Å². The summed E-state index contributed by atoms with van der Waals surface area (Å²) in [6, 6.07) is 19.0. The summed E-state index contributed by atoms with van der Waals surface area (Å²) in [6.45, 7) is 50.1. The van der Waals surface area contributed by atoms with Gasteiger partial charge in [-0.15, -0.1) is 12.4 Å². The fourth-order valence-corrected chi connectivity index (χ4v) is 6.91. The standard InChI is InChI=1S/2C14H28N6O.C13H19NO3.C11H15NO3.C9H16ClN5.C5H13NO.C3H6I.2CH4.ClH.2H2O4S.V/c2*1-6-9-15-12-17-13(16-10-7-2)19-14(18-12)20(8-3)21-11(4)5;1-4-14(17-11(2)3)13(15)16-10-12-8-6-5-7-9-12;1-9(2)15-12-11(13)14-8-10-6-4-3-5-7-10;1-3-5-11-8-13-7(10)14-9(15-8)12-6-4-2;1-4-6-7-5(2)3;1-2-3-4;;;;2*1-5(2,3)4;/h2*11H,6-10H2,1-5H3,(H2,15,16,17,18,19);5-9,11H,4,10H2,1-3H3;3-7,9H,8H2,1-2H3,(H,12,13);3-6H2,1-2H3,(H2,11,12,13,14,15);5-6H,4H2,1-3H3;3H,2H2,1H3;2*1H4;1H;2*(H2,1,2,3,4);/q;;;;;;-1;;;;;;. The molecule has 0 aliphatic carbocycles. The van der Waals surface area contributed by atoms with Gasteiger partial charge in [0.05, 0.1) is 37.1 Å². The van der Waals surface area contributed by atoms with E-state index in [1.165, 1.54) is 11.5 Å². The van der Waals surface area contributed by atoms with Crippen LogP contribution in [-0.4, -0.2) is 188 Å². The maximum Gasteiger partial charge on any atom is 0.434 e. The predicted octanol–water partition coefficient (Wildman–Crippen LogP) is 15.2. The molecule has 0 saturated heterocycles. The van der Waals surface area contributed by atoms with Gasteiger partial charge in [0.1, 0.15) is 13.2 Å². The van der Waals surface area contributed by atoms with Gasteiger partial charge in [-0.1, -0.05) is 141 Å². The van der Waals surface area contributed by atoms with Crippen LogP contribution >= 0.6 is 46.6 Å². The first-order valence-corrected chi connectivity index (χ1v) is 41.1. The van der Waals surface area contributed by atoms with Crippen LogP contribution in [0, 0.1) is 4.43 Å². The molecule has 5 rings (SSSR count). The third kappa shape index (κ3) is 81.0. The molecular weight excluding hydrogens is 1720 g/mol. The van der Waals surface area contributed by atoms with Gasteiger partial charge in [0.25, 0.3) is 5.95 Å². The summed E-state index contributed by atoms with van der Waals surface area (Å²) in [5, 5.41) is 23.9. The van der Waals surface area contributed by atoms with Crippen LogP contribution in [0.4, 0.5) is 57.2 Å². The van der Waals surface area contributed by atoms with Crippen LogP contribution < -0.4 is 58.0 Å². The number of anilines is 8. The van der Waals surface area contributed by atoms with Crippen molar-refractivity contribution in [3.05, 3.63) is 81.5 Å². The Hall–Kier alpha value is -6.20. The van der Waals surface area contributed by atoms with Gasteiger partial charge < -0.3 is 68.5 Å². The van der Waals surface area contributed by atoms with E-state index in [0.717, 1.165) is 95.5 Å². The second-order valence-corrected chi connectivity index (χ2v) is 26.4. The number of H-pyrrole nitrogens is 1. The maximum absolute atomic E-state index is 11.7. The number of aromatic nitrogens is 9. The molecule has 2 amide bonds. The van der Waals surface area contributed by atoms with E-state index in [1.54, 1.807) is 10.1 Å².